The number of benzene rings is 2. The zero-order valence-corrected chi connectivity index (χ0v) is 12.4. The van der Waals surface area contributed by atoms with Gasteiger partial charge in [-0.05, 0) is 35.9 Å². The maximum absolute atomic E-state index is 13.0. The van der Waals surface area contributed by atoms with Gasteiger partial charge in [0.1, 0.15) is 5.82 Å². The Kier molecular flexibility index (Phi) is 3.47. The summed E-state index contributed by atoms with van der Waals surface area (Å²) in [7, 11) is -3.78. The smallest absolute Gasteiger partial charge is 0.241 e. The van der Waals surface area contributed by atoms with Gasteiger partial charge in [0, 0.05) is 17.5 Å². The summed E-state index contributed by atoms with van der Waals surface area (Å²) < 4.78 is 39.5. The van der Waals surface area contributed by atoms with Gasteiger partial charge in [-0.15, -0.1) is 11.6 Å². The fourth-order valence-corrected chi connectivity index (χ4v) is 3.85. The van der Waals surface area contributed by atoms with Crippen LogP contribution in [0.4, 0.5) is 4.39 Å². The number of alkyl halides is 1. The SMILES string of the molecule is O=S(=O)(c1ccc(F)cc1)n1cc(CCl)c2ccccc21. The molecule has 1 aromatic heterocycles. The molecule has 0 aliphatic carbocycles. The Morgan fingerprint density at radius 1 is 1.05 bits per heavy atom. The Morgan fingerprint density at radius 2 is 1.71 bits per heavy atom. The second-order valence-corrected chi connectivity index (χ2v) is 6.64. The number of hydrogen-bond acceptors (Lipinski definition) is 2. The van der Waals surface area contributed by atoms with Crippen molar-refractivity contribution in [3.8, 4) is 0 Å². The average molecular weight is 324 g/mol. The first-order valence-corrected chi connectivity index (χ1v) is 8.17. The Hall–Kier alpha value is -1.85. The van der Waals surface area contributed by atoms with Crippen molar-refractivity contribution < 1.29 is 12.8 Å². The van der Waals surface area contributed by atoms with Crippen molar-refractivity contribution in [2.24, 2.45) is 0 Å². The number of fused-ring (bicyclic) bond motifs is 1. The minimum absolute atomic E-state index is 0.0331. The molecule has 0 unspecified atom stereocenters. The van der Waals surface area contributed by atoms with E-state index in [-0.39, 0.29) is 10.8 Å². The molecule has 3 aromatic rings. The van der Waals surface area contributed by atoms with Crippen molar-refractivity contribution in [1.82, 2.24) is 3.97 Å². The van der Waals surface area contributed by atoms with Crippen molar-refractivity contribution in [3.05, 3.63) is 66.1 Å². The van der Waals surface area contributed by atoms with Crippen LogP contribution in [0.5, 0.6) is 0 Å². The van der Waals surface area contributed by atoms with Crippen molar-refractivity contribution in [3.63, 3.8) is 0 Å². The molecule has 3 nitrogen and oxygen atoms in total. The molecule has 21 heavy (non-hydrogen) atoms. The van der Waals surface area contributed by atoms with Gasteiger partial charge in [-0.25, -0.2) is 16.8 Å². The molecule has 6 heteroatoms. The van der Waals surface area contributed by atoms with Crippen LogP contribution in [0, 0.1) is 5.82 Å². The molecule has 0 amide bonds. The largest absolute Gasteiger partial charge is 0.268 e. The lowest BCUT2D eigenvalue weighted by molar-refractivity contribution is 0.588. The lowest BCUT2D eigenvalue weighted by Gasteiger charge is -2.07. The van der Waals surface area contributed by atoms with Gasteiger partial charge in [0.25, 0.3) is 10.0 Å². The van der Waals surface area contributed by atoms with Crippen LogP contribution in [0.2, 0.25) is 0 Å². The van der Waals surface area contributed by atoms with Crippen LogP contribution in [-0.2, 0) is 15.9 Å². The van der Waals surface area contributed by atoms with Crippen molar-refractivity contribution >= 4 is 32.5 Å². The van der Waals surface area contributed by atoms with Crippen LogP contribution in [0.3, 0.4) is 0 Å². The highest BCUT2D eigenvalue weighted by molar-refractivity contribution is 7.90. The maximum atomic E-state index is 13.0. The molecule has 3 rings (SSSR count). The summed E-state index contributed by atoms with van der Waals surface area (Å²) in [6.45, 7) is 0. The Morgan fingerprint density at radius 3 is 2.38 bits per heavy atom. The highest BCUT2D eigenvalue weighted by Gasteiger charge is 2.20. The molecule has 0 atom stereocenters. The van der Waals surface area contributed by atoms with E-state index in [9.17, 15) is 12.8 Å². The van der Waals surface area contributed by atoms with Gasteiger partial charge in [-0.3, -0.25) is 0 Å². The summed E-state index contributed by atoms with van der Waals surface area (Å²) >= 11 is 5.88. The summed E-state index contributed by atoms with van der Waals surface area (Å²) in [5, 5.41) is 0.790. The molecular formula is C15H11ClFNO2S. The number of hydrogen-bond donors (Lipinski definition) is 0. The van der Waals surface area contributed by atoms with Gasteiger partial charge >= 0.3 is 0 Å². The molecule has 0 N–H and O–H groups in total. The number of para-hydroxylation sites is 1. The van der Waals surface area contributed by atoms with Gasteiger partial charge in [-0.1, -0.05) is 18.2 Å². The summed E-state index contributed by atoms with van der Waals surface area (Å²) in [5.74, 6) is -0.264. The third-order valence-corrected chi connectivity index (χ3v) is 5.25. The number of halogens is 2. The molecule has 0 fully saturated rings. The fourth-order valence-electron chi connectivity index (χ4n) is 2.24. The van der Waals surface area contributed by atoms with Crippen LogP contribution in [0.1, 0.15) is 5.56 Å². The van der Waals surface area contributed by atoms with E-state index in [2.05, 4.69) is 0 Å². The zero-order valence-electron chi connectivity index (χ0n) is 10.8. The Labute approximate surface area is 126 Å². The molecule has 0 spiro atoms. The summed E-state index contributed by atoms with van der Waals surface area (Å²) in [5.41, 5.74) is 1.29. The second-order valence-electron chi connectivity index (χ2n) is 4.56. The molecule has 1 heterocycles. The number of nitrogens with zero attached hydrogens (tertiary/aromatic N) is 1. The first kappa shape index (κ1) is 14.1. The molecule has 0 saturated carbocycles. The highest BCUT2D eigenvalue weighted by atomic mass is 35.5. The van der Waals surface area contributed by atoms with E-state index < -0.39 is 15.8 Å². The van der Waals surface area contributed by atoms with Crippen molar-refractivity contribution in [1.29, 1.82) is 0 Å². The van der Waals surface area contributed by atoms with Crippen LogP contribution < -0.4 is 0 Å². The molecule has 108 valence electrons. The van der Waals surface area contributed by atoms with Crippen LogP contribution in [-0.4, -0.2) is 12.4 Å². The minimum atomic E-state index is -3.78. The standard InChI is InChI=1S/C15H11ClFNO2S/c16-9-11-10-18(15-4-2-1-3-14(11)15)21(19,20)13-7-5-12(17)6-8-13/h1-8,10H,9H2. The minimum Gasteiger partial charge on any atom is -0.241 e. The average Bonchev–Trinajstić information content (AvgIpc) is 2.87. The quantitative estimate of drug-likeness (QED) is 0.688. The van der Waals surface area contributed by atoms with E-state index in [1.54, 1.807) is 12.1 Å². The van der Waals surface area contributed by atoms with Crippen LogP contribution in [0.15, 0.2) is 59.6 Å². The molecule has 0 saturated heterocycles. The number of aromatic nitrogens is 1. The molecule has 0 radical (unpaired) electrons. The Balaban J connectivity index is 2.26. The third-order valence-electron chi connectivity index (χ3n) is 3.27. The van der Waals surface area contributed by atoms with Gasteiger partial charge in [0.2, 0.25) is 0 Å². The normalized spacial score (nSPS) is 11.9. The maximum Gasteiger partial charge on any atom is 0.268 e. The van der Waals surface area contributed by atoms with E-state index in [4.69, 9.17) is 11.6 Å². The first-order chi connectivity index (χ1) is 10.0. The predicted octanol–water partition coefficient (Wildman–Crippen LogP) is 3.76. The molecular weight excluding hydrogens is 313 g/mol. The third kappa shape index (κ3) is 2.32. The van der Waals surface area contributed by atoms with Gasteiger partial charge < -0.3 is 0 Å². The molecule has 0 aliphatic rings. The zero-order chi connectivity index (χ0) is 15.0. The van der Waals surface area contributed by atoms with E-state index in [0.29, 0.717) is 5.52 Å². The first-order valence-electron chi connectivity index (χ1n) is 6.20. The van der Waals surface area contributed by atoms with Crippen molar-refractivity contribution in [2.45, 2.75) is 10.8 Å². The molecule has 0 bridgehead atoms. The summed E-state index contributed by atoms with van der Waals surface area (Å²) in [4.78, 5) is 0.0331. The van der Waals surface area contributed by atoms with Gasteiger partial charge in [0.05, 0.1) is 10.4 Å². The van der Waals surface area contributed by atoms with Gasteiger partial charge in [-0.2, -0.15) is 0 Å². The summed E-state index contributed by atoms with van der Waals surface area (Å²) in [6.07, 6.45) is 1.51. The van der Waals surface area contributed by atoms with E-state index >= 15 is 0 Å². The van der Waals surface area contributed by atoms with E-state index in [1.807, 2.05) is 12.1 Å². The lowest BCUT2D eigenvalue weighted by Crippen LogP contribution is -2.11. The monoisotopic (exact) mass is 323 g/mol. The van der Waals surface area contributed by atoms with E-state index in [1.165, 1.54) is 22.3 Å². The lowest BCUT2D eigenvalue weighted by atomic mass is 10.2. The van der Waals surface area contributed by atoms with Crippen LogP contribution >= 0.6 is 11.6 Å². The highest BCUT2D eigenvalue weighted by Crippen LogP contribution is 2.26. The molecule has 2 aromatic carbocycles. The fraction of sp³-hybridized carbons (Fsp3) is 0.0667. The second kappa shape index (κ2) is 5.16. The van der Waals surface area contributed by atoms with E-state index in [0.717, 1.165) is 23.1 Å². The number of rotatable bonds is 3. The Bertz CT molecular complexity index is 901. The van der Waals surface area contributed by atoms with Crippen LogP contribution in [0.25, 0.3) is 10.9 Å². The molecule has 0 aliphatic heterocycles. The topological polar surface area (TPSA) is 39.1 Å². The van der Waals surface area contributed by atoms with Gasteiger partial charge in [0.15, 0.2) is 0 Å². The summed E-state index contributed by atoms with van der Waals surface area (Å²) in [6, 6.07) is 11.9. The van der Waals surface area contributed by atoms with Crippen molar-refractivity contribution in [2.75, 3.05) is 0 Å². The predicted molar refractivity (Wildman–Crippen MR) is 80.5 cm³/mol.